The minimum Gasteiger partial charge on any atom is -0.449 e. The van der Waals surface area contributed by atoms with Crippen molar-refractivity contribution < 1.29 is 4.42 Å². The molecule has 17 heavy (non-hydrogen) atoms. The van der Waals surface area contributed by atoms with Crippen molar-refractivity contribution in [3.63, 3.8) is 0 Å². The van der Waals surface area contributed by atoms with Gasteiger partial charge in [-0.1, -0.05) is 6.92 Å². The Hall–Kier alpha value is -1.62. The van der Waals surface area contributed by atoms with Crippen molar-refractivity contribution in [2.24, 2.45) is 0 Å². The summed E-state index contributed by atoms with van der Waals surface area (Å²) in [6.45, 7) is 4.92. The minimum atomic E-state index is 0.0399. The number of hydrogen-bond acceptors (Lipinski definition) is 4. The van der Waals surface area contributed by atoms with Crippen molar-refractivity contribution in [1.82, 2.24) is 20.1 Å². The molecule has 2 aromatic rings. The van der Waals surface area contributed by atoms with Gasteiger partial charge in [-0.15, -0.1) is 0 Å². The van der Waals surface area contributed by atoms with E-state index in [1.165, 1.54) is 0 Å². The molecule has 0 saturated heterocycles. The molecule has 2 heterocycles. The molecule has 1 N–H and O–H groups in total. The largest absolute Gasteiger partial charge is 0.449 e. The lowest BCUT2D eigenvalue weighted by Gasteiger charge is -2.10. The second kappa shape index (κ2) is 5.14. The highest BCUT2D eigenvalue weighted by molar-refractivity contribution is 5.21. The van der Waals surface area contributed by atoms with Crippen LogP contribution in [0.25, 0.3) is 0 Å². The number of aromatic nitrogens is 3. The molecular weight excluding hydrogens is 216 g/mol. The van der Waals surface area contributed by atoms with E-state index >= 15 is 0 Å². The summed E-state index contributed by atoms with van der Waals surface area (Å²) in [5.41, 5.74) is 2.00. The van der Waals surface area contributed by atoms with Gasteiger partial charge in [0.2, 0.25) is 0 Å². The molecule has 0 saturated carbocycles. The fraction of sp³-hybridized carbons (Fsp3) is 0.500. The topological polar surface area (TPSA) is 55.9 Å². The third kappa shape index (κ3) is 2.55. The first kappa shape index (κ1) is 11.9. The second-order valence-corrected chi connectivity index (χ2v) is 4.05. The van der Waals surface area contributed by atoms with Crippen molar-refractivity contribution >= 4 is 0 Å². The van der Waals surface area contributed by atoms with E-state index in [1.807, 2.05) is 24.9 Å². The normalized spacial score (nSPS) is 12.9. The number of nitrogens with one attached hydrogen (secondary N) is 1. The van der Waals surface area contributed by atoms with Crippen LogP contribution in [0.15, 0.2) is 23.1 Å². The standard InChI is InChI=1S/C12H18N4O/c1-4-5-16-7-10(6-14-16)12(13-3)11-8-17-9(2)15-11/h6-8,12-13H,4-5H2,1-3H3. The van der Waals surface area contributed by atoms with Crippen LogP contribution in [-0.4, -0.2) is 21.8 Å². The van der Waals surface area contributed by atoms with E-state index in [0.29, 0.717) is 5.89 Å². The summed E-state index contributed by atoms with van der Waals surface area (Å²) in [6, 6.07) is 0.0399. The van der Waals surface area contributed by atoms with Gasteiger partial charge in [0.15, 0.2) is 5.89 Å². The maximum absolute atomic E-state index is 5.24. The van der Waals surface area contributed by atoms with Gasteiger partial charge in [-0.05, 0) is 13.5 Å². The van der Waals surface area contributed by atoms with Crippen molar-refractivity contribution in [2.75, 3.05) is 7.05 Å². The van der Waals surface area contributed by atoms with Crippen LogP contribution in [0.4, 0.5) is 0 Å². The Morgan fingerprint density at radius 2 is 2.35 bits per heavy atom. The van der Waals surface area contributed by atoms with Crippen molar-refractivity contribution in [3.05, 3.63) is 35.8 Å². The number of oxazole rings is 1. The Balaban J connectivity index is 2.22. The summed E-state index contributed by atoms with van der Waals surface area (Å²) in [7, 11) is 1.91. The summed E-state index contributed by atoms with van der Waals surface area (Å²) in [6.07, 6.45) is 6.69. The third-order valence-corrected chi connectivity index (χ3v) is 2.66. The molecular formula is C12H18N4O. The molecule has 0 radical (unpaired) electrons. The van der Waals surface area contributed by atoms with Crippen LogP contribution in [0.2, 0.25) is 0 Å². The van der Waals surface area contributed by atoms with Gasteiger partial charge in [0.25, 0.3) is 0 Å². The smallest absolute Gasteiger partial charge is 0.191 e. The predicted molar refractivity (Wildman–Crippen MR) is 64.7 cm³/mol. The third-order valence-electron chi connectivity index (χ3n) is 2.66. The zero-order valence-corrected chi connectivity index (χ0v) is 10.5. The quantitative estimate of drug-likeness (QED) is 0.858. The monoisotopic (exact) mass is 234 g/mol. The Labute approximate surface area is 101 Å². The molecule has 92 valence electrons. The molecule has 2 aromatic heterocycles. The first-order valence-electron chi connectivity index (χ1n) is 5.86. The van der Waals surface area contributed by atoms with Crippen LogP contribution in [0.3, 0.4) is 0 Å². The lowest BCUT2D eigenvalue weighted by atomic mass is 10.1. The van der Waals surface area contributed by atoms with E-state index in [4.69, 9.17) is 4.42 Å². The SMILES string of the molecule is CCCn1cc(C(NC)c2coc(C)n2)cn1. The number of hydrogen-bond donors (Lipinski definition) is 1. The molecule has 5 heteroatoms. The number of rotatable bonds is 5. The molecule has 0 fully saturated rings. The molecule has 5 nitrogen and oxygen atoms in total. The Morgan fingerprint density at radius 3 is 2.94 bits per heavy atom. The van der Waals surface area contributed by atoms with Crippen LogP contribution in [0, 0.1) is 6.92 Å². The Bertz CT molecular complexity index is 474. The zero-order valence-electron chi connectivity index (χ0n) is 10.5. The van der Waals surface area contributed by atoms with Gasteiger partial charge in [-0.2, -0.15) is 5.10 Å². The van der Waals surface area contributed by atoms with Crippen LogP contribution in [0.1, 0.15) is 36.5 Å². The van der Waals surface area contributed by atoms with E-state index < -0.39 is 0 Å². The van der Waals surface area contributed by atoms with Gasteiger partial charge in [0.05, 0.1) is 12.2 Å². The average Bonchev–Trinajstić information content (AvgIpc) is 2.91. The lowest BCUT2D eigenvalue weighted by molar-refractivity contribution is 0.519. The predicted octanol–water partition coefficient (Wildman–Crippen LogP) is 1.90. The average molecular weight is 234 g/mol. The van der Waals surface area contributed by atoms with Crippen LogP contribution >= 0.6 is 0 Å². The van der Waals surface area contributed by atoms with E-state index in [9.17, 15) is 0 Å². The van der Waals surface area contributed by atoms with Crippen LogP contribution < -0.4 is 5.32 Å². The van der Waals surface area contributed by atoms with E-state index in [2.05, 4.69) is 28.5 Å². The van der Waals surface area contributed by atoms with Crippen LogP contribution in [0.5, 0.6) is 0 Å². The molecule has 0 spiro atoms. The second-order valence-electron chi connectivity index (χ2n) is 4.05. The molecule has 0 amide bonds. The summed E-state index contributed by atoms with van der Waals surface area (Å²) >= 11 is 0. The lowest BCUT2D eigenvalue weighted by Crippen LogP contribution is -2.17. The van der Waals surface area contributed by atoms with Gasteiger partial charge in [-0.25, -0.2) is 4.98 Å². The van der Waals surface area contributed by atoms with E-state index in [0.717, 1.165) is 24.2 Å². The Morgan fingerprint density at radius 1 is 1.53 bits per heavy atom. The highest BCUT2D eigenvalue weighted by atomic mass is 16.3. The van der Waals surface area contributed by atoms with Gasteiger partial charge < -0.3 is 9.73 Å². The zero-order chi connectivity index (χ0) is 12.3. The molecule has 0 aliphatic heterocycles. The summed E-state index contributed by atoms with van der Waals surface area (Å²) in [5.74, 6) is 0.682. The van der Waals surface area contributed by atoms with Gasteiger partial charge in [0.1, 0.15) is 12.0 Å². The van der Waals surface area contributed by atoms with Gasteiger partial charge in [0, 0.05) is 25.2 Å². The Kier molecular flexibility index (Phi) is 3.58. The van der Waals surface area contributed by atoms with E-state index in [1.54, 1.807) is 6.26 Å². The maximum atomic E-state index is 5.24. The van der Waals surface area contributed by atoms with Crippen molar-refractivity contribution in [3.8, 4) is 0 Å². The molecule has 2 rings (SSSR count). The van der Waals surface area contributed by atoms with Crippen molar-refractivity contribution in [1.29, 1.82) is 0 Å². The first-order chi connectivity index (χ1) is 8.24. The first-order valence-corrected chi connectivity index (χ1v) is 5.86. The molecule has 1 unspecified atom stereocenters. The van der Waals surface area contributed by atoms with Crippen molar-refractivity contribution in [2.45, 2.75) is 32.9 Å². The highest BCUT2D eigenvalue weighted by Crippen LogP contribution is 2.20. The highest BCUT2D eigenvalue weighted by Gasteiger charge is 2.17. The molecule has 0 bridgehead atoms. The molecule has 0 aromatic carbocycles. The summed E-state index contributed by atoms with van der Waals surface area (Å²) in [5, 5.41) is 7.55. The maximum Gasteiger partial charge on any atom is 0.191 e. The van der Waals surface area contributed by atoms with E-state index in [-0.39, 0.29) is 6.04 Å². The summed E-state index contributed by atoms with van der Waals surface area (Å²) in [4.78, 5) is 4.35. The fourth-order valence-corrected chi connectivity index (χ4v) is 1.88. The molecule has 1 atom stereocenters. The summed E-state index contributed by atoms with van der Waals surface area (Å²) < 4.78 is 7.20. The van der Waals surface area contributed by atoms with Gasteiger partial charge in [-0.3, -0.25) is 4.68 Å². The number of aryl methyl sites for hydroxylation is 2. The fourth-order valence-electron chi connectivity index (χ4n) is 1.88. The van der Waals surface area contributed by atoms with Crippen LogP contribution in [-0.2, 0) is 6.54 Å². The molecule has 0 aliphatic rings. The molecule has 0 aliphatic carbocycles. The number of nitrogens with zero attached hydrogens (tertiary/aromatic N) is 3. The van der Waals surface area contributed by atoms with Gasteiger partial charge >= 0.3 is 0 Å². The minimum absolute atomic E-state index is 0.0399.